The number of rotatable bonds is 6. The molecule has 162 valence electrons. The molecule has 11 heteroatoms. The summed E-state index contributed by atoms with van der Waals surface area (Å²) in [6, 6.07) is 9.72. The predicted molar refractivity (Wildman–Crippen MR) is 118 cm³/mol. The van der Waals surface area contributed by atoms with Crippen LogP contribution in [-0.2, 0) is 11.3 Å². The third kappa shape index (κ3) is 4.05. The van der Waals surface area contributed by atoms with Crippen molar-refractivity contribution < 1.29 is 18.8 Å². The maximum Gasteiger partial charge on any atom is 0.296 e. The molecule has 9 nitrogen and oxygen atoms in total. The molecule has 0 atom stereocenters. The Bertz CT molecular complexity index is 1400. The summed E-state index contributed by atoms with van der Waals surface area (Å²) >= 11 is 1.26. The monoisotopic (exact) mass is 454 g/mol. The van der Waals surface area contributed by atoms with Gasteiger partial charge in [-0.05, 0) is 29.8 Å². The first-order valence-corrected chi connectivity index (χ1v) is 10.1. The van der Waals surface area contributed by atoms with E-state index in [0.29, 0.717) is 21.3 Å². The highest BCUT2D eigenvalue weighted by Gasteiger charge is 2.19. The molecule has 0 spiro atoms. The lowest BCUT2D eigenvalue weighted by Crippen LogP contribution is -2.28. The van der Waals surface area contributed by atoms with Crippen molar-refractivity contribution in [3.05, 3.63) is 80.5 Å². The van der Waals surface area contributed by atoms with Crippen LogP contribution in [0.3, 0.4) is 0 Å². The van der Waals surface area contributed by atoms with Crippen LogP contribution >= 0.6 is 11.3 Å². The maximum absolute atomic E-state index is 13.3. The van der Waals surface area contributed by atoms with Crippen molar-refractivity contribution in [1.82, 2.24) is 9.55 Å². The summed E-state index contributed by atoms with van der Waals surface area (Å²) < 4.78 is 19.4. The van der Waals surface area contributed by atoms with Crippen molar-refractivity contribution in [2.45, 2.75) is 6.54 Å². The Balaban J connectivity index is 1.64. The van der Waals surface area contributed by atoms with Gasteiger partial charge in [0.25, 0.3) is 11.2 Å². The summed E-state index contributed by atoms with van der Waals surface area (Å²) in [4.78, 5) is 41.0. The summed E-state index contributed by atoms with van der Waals surface area (Å²) in [5.41, 5.74) is 0.422. The number of nitro groups is 1. The van der Waals surface area contributed by atoms with Gasteiger partial charge in [-0.2, -0.15) is 0 Å². The first-order valence-electron chi connectivity index (χ1n) is 9.22. The highest BCUT2D eigenvalue weighted by Crippen LogP contribution is 2.31. The number of amides is 1. The number of halogens is 1. The number of aromatic nitrogens is 2. The molecule has 0 radical (unpaired) electrons. The third-order valence-corrected chi connectivity index (χ3v) is 5.59. The molecule has 1 amide bonds. The number of carbonyl (C=O) groups is 1. The Hall–Kier alpha value is -4.12. The lowest BCUT2D eigenvalue weighted by molar-refractivity contribution is -0.384. The molecule has 0 saturated heterocycles. The average Bonchev–Trinajstić information content (AvgIpc) is 3.21. The summed E-state index contributed by atoms with van der Waals surface area (Å²) in [5.74, 6) is -0.764. The average molecular weight is 454 g/mol. The minimum absolute atomic E-state index is 0.0228. The molecular formula is C21H15FN4O5S. The van der Waals surface area contributed by atoms with Crippen LogP contribution < -0.4 is 15.6 Å². The van der Waals surface area contributed by atoms with E-state index in [0.717, 1.165) is 4.57 Å². The minimum atomic E-state index is -0.641. The zero-order valence-electron chi connectivity index (χ0n) is 16.6. The van der Waals surface area contributed by atoms with Gasteiger partial charge in [-0.15, -0.1) is 11.3 Å². The number of nitro benzene ring substituents is 1. The topological polar surface area (TPSA) is 116 Å². The molecule has 2 aromatic carbocycles. The SMILES string of the molecule is COc1ccc(NC(=O)Cn2cnc3scc(-c4ccc(F)cc4)c3c2=O)c([N+](=O)[O-])c1. The fourth-order valence-electron chi connectivity index (χ4n) is 3.16. The van der Waals surface area contributed by atoms with E-state index < -0.39 is 28.8 Å². The Kier molecular flexibility index (Phi) is 5.65. The lowest BCUT2D eigenvalue weighted by atomic mass is 10.1. The number of fused-ring (bicyclic) bond motifs is 1. The second-order valence-corrected chi connectivity index (χ2v) is 7.56. The van der Waals surface area contributed by atoms with Crippen molar-refractivity contribution >= 4 is 38.8 Å². The Morgan fingerprint density at radius 2 is 2.03 bits per heavy atom. The maximum atomic E-state index is 13.3. The van der Waals surface area contributed by atoms with E-state index >= 15 is 0 Å². The van der Waals surface area contributed by atoms with Crippen molar-refractivity contribution in [1.29, 1.82) is 0 Å². The fourth-order valence-corrected chi connectivity index (χ4v) is 4.07. The Morgan fingerprint density at radius 3 is 2.72 bits per heavy atom. The number of nitrogens with zero attached hydrogens (tertiary/aromatic N) is 3. The van der Waals surface area contributed by atoms with Crippen LogP contribution in [0.15, 0.2) is 59.0 Å². The molecular weight excluding hydrogens is 439 g/mol. The van der Waals surface area contributed by atoms with E-state index in [2.05, 4.69) is 10.3 Å². The normalized spacial score (nSPS) is 10.8. The van der Waals surface area contributed by atoms with Crippen LogP contribution in [0.2, 0.25) is 0 Å². The van der Waals surface area contributed by atoms with Crippen LogP contribution in [-0.4, -0.2) is 27.5 Å². The number of anilines is 1. The lowest BCUT2D eigenvalue weighted by Gasteiger charge is -2.09. The van der Waals surface area contributed by atoms with Gasteiger partial charge in [-0.3, -0.25) is 24.3 Å². The molecule has 0 bridgehead atoms. The zero-order chi connectivity index (χ0) is 22.8. The first kappa shape index (κ1) is 21.1. The molecule has 1 N–H and O–H groups in total. The molecule has 0 saturated carbocycles. The van der Waals surface area contributed by atoms with Gasteiger partial charge in [0, 0.05) is 10.9 Å². The molecule has 4 rings (SSSR count). The van der Waals surface area contributed by atoms with Crippen LogP contribution in [0.4, 0.5) is 15.8 Å². The standard InChI is InChI=1S/C21H15FN4O5S/c1-31-14-6-7-16(17(8-14)26(29)30)24-18(27)9-25-11-23-20-19(21(25)28)15(10-32-20)12-2-4-13(22)5-3-12/h2-8,10-11H,9H2,1H3,(H,24,27). The molecule has 4 aromatic rings. The first-order chi connectivity index (χ1) is 15.4. The van der Waals surface area contributed by atoms with Gasteiger partial charge in [0.05, 0.1) is 29.8 Å². The minimum Gasteiger partial charge on any atom is -0.496 e. The second kappa shape index (κ2) is 8.55. The number of hydrogen-bond donors (Lipinski definition) is 1. The van der Waals surface area contributed by atoms with Gasteiger partial charge < -0.3 is 10.1 Å². The van der Waals surface area contributed by atoms with Crippen LogP contribution in [0.25, 0.3) is 21.3 Å². The number of carbonyl (C=O) groups excluding carboxylic acids is 1. The number of benzene rings is 2. The van der Waals surface area contributed by atoms with E-state index in [9.17, 15) is 24.1 Å². The highest BCUT2D eigenvalue weighted by atomic mass is 32.1. The van der Waals surface area contributed by atoms with E-state index in [1.54, 1.807) is 17.5 Å². The third-order valence-electron chi connectivity index (χ3n) is 4.71. The largest absolute Gasteiger partial charge is 0.496 e. The van der Waals surface area contributed by atoms with E-state index in [1.807, 2.05) is 0 Å². The summed E-state index contributed by atoms with van der Waals surface area (Å²) in [6.45, 7) is -0.399. The second-order valence-electron chi connectivity index (χ2n) is 6.70. The number of hydrogen-bond acceptors (Lipinski definition) is 7. The molecule has 32 heavy (non-hydrogen) atoms. The van der Waals surface area contributed by atoms with Gasteiger partial charge in [0.2, 0.25) is 5.91 Å². The quantitative estimate of drug-likeness (QED) is 0.350. The summed E-state index contributed by atoms with van der Waals surface area (Å²) in [7, 11) is 1.37. The van der Waals surface area contributed by atoms with E-state index in [1.165, 1.54) is 55.1 Å². The Morgan fingerprint density at radius 1 is 1.28 bits per heavy atom. The predicted octanol–water partition coefficient (Wildman–Crippen LogP) is 3.82. The molecule has 2 aromatic heterocycles. The number of methoxy groups -OCH3 is 1. The number of nitrogens with one attached hydrogen (secondary N) is 1. The smallest absolute Gasteiger partial charge is 0.296 e. The number of thiophene rings is 1. The van der Waals surface area contributed by atoms with Gasteiger partial charge in [-0.25, -0.2) is 9.37 Å². The van der Waals surface area contributed by atoms with Crippen molar-refractivity contribution in [2.24, 2.45) is 0 Å². The van der Waals surface area contributed by atoms with Crippen LogP contribution in [0.5, 0.6) is 5.75 Å². The summed E-state index contributed by atoms with van der Waals surface area (Å²) in [5, 5.41) is 15.8. The summed E-state index contributed by atoms with van der Waals surface area (Å²) in [6.07, 6.45) is 1.25. The molecule has 0 aliphatic rings. The molecule has 0 fully saturated rings. The zero-order valence-corrected chi connectivity index (χ0v) is 17.4. The molecule has 0 unspecified atom stereocenters. The van der Waals surface area contributed by atoms with Crippen molar-refractivity contribution in [3.63, 3.8) is 0 Å². The van der Waals surface area contributed by atoms with Crippen molar-refractivity contribution in [2.75, 3.05) is 12.4 Å². The highest BCUT2D eigenvalue weighted by molar-refractivity contribution is 7.17. The fraction of sp³-hybridized carbons (Fsp3) is 0.0952. The molecule has 0 aliphatic carbocycles. The van der Waals surface area contributed by atoms with E-state index in [4.69, 9.17) is 4.74 Å². The Labute approximate surface area is 183 Å². The van der Waals surface area contributed by atoms with Gasteiger partial charge in [0.15, 0.2) is 0 Å². The molecule has 2 heterocycles. The van der Waals surface area contributed by atoms with Gasteiger partial charge in [0.1, 0.15) is 28.6 Å². The van der Waals surface area contributed by atoms with Crippen LogP contribution in [0, 0.1) is 15.9 Å². The van der Waals surface area contributed by atoms with Gasteiger partial charge in [-0.1, -0.05) is 12.1 Å². The number of ether oxygens (including phenoxy) is 1. The van der Waals surface area contributed by atoms with Crippen molar-refractivity contribution in [3.8, 4) is 16.9 Å². The van der Waals surface area contributed by atoms with E-state index in [-0.39, 0.29) is 17.1 Å². The molecule has 0 aliphatic heterocycles. The van der Waals surface area contributed by atoms with Crippen LogP contribution in [0.1, 0.15) is 0 Å². The van der Waals surface area contributed by atoms with Gasteiger partial charge >= 0.3 is 0 Å².